The first-order valence-corrected chi connectivity index (χ1v) is 9.84. The molecule has 29 heavy (non-hydrogen) atoms. The molecule has 3 rings (SSSR count). The van der Waals surface area contributed by atoms with Crippen LogP contribution in [0.4, 0.5) is 13.2 Å². The van der Waals surface area contributed by atoms with E-state index < -0.39 is 27.0 Å². The van der Waals surface area contributed by atoms with Gasteiger partial charge in [0.2, 0.25) is 10.0 Å². The van der Waals surface area contributed by atoms with E-state index >= 15 is 0 Å². The predicted molar refractivity (Wildman–Crippen MR) is 98.0 cm³/mol. The SMILES string of the molecule is O=S(=O)(c1ccccc1OC(F)(F)F)N(Cc1ccccn1)Cc1ccccn1. The van der Waals surface area contributed by atoms with Crippen molar-refractivity contribution in [1.82, 2.24) is 14.3 Å². The largest absolute Gasteiger partial charge is 0.573 e. The number of hydrogen-bond donors (Lipinski definition) is 0. The minimum atomic E-state index is -5.03. The molecule has 0 atom stereocenters. The van der Waals surface area contributed by atoms with E-state index in [0.29, 0.717) is 11.4 Å². The fourth-order valence-corrected chi connectivity index (χ4v) is 4.08. The molecule has 3 aromatic rings. The summed E-state index contributed by atoms with van der Waals surface area (Å²) in [5.41, 5.74) is 0.863. The van der Waals surface area contributed by atoms with Crippen LogP contribution in [0.2, 0.25) is 0 Å². The molecule has 0 N–H and O–H groups in total. The van der Waals surface area contributed by atoms with Gasteiger partial charge in [0.05, 0.1) is 24.5 Å². The maximum atomic E-state index is 13.3. The molecule has 0 unspecified atom stereocenters. The number of benzene rings is 1. The first-order valence-electron chi connectivity index (χ1n) is 8.40. The van der Waals surface area contributed by atoms with Crippen molar-refractivity contribution in [2.45, 2.75) is 24.3 Å². The third kappa shape index (κ3) is 5.52. The van der Waals surface area contributed by atoms with Crippen LogP contribution in [-0.4, -0.2) is 29.1 Å². The fraction of sp³-hybridized carbons (Fsp3) is 0.158. The molecule has 0 fully saturated rings. The molecule has 6 nitrogen and oxygen atoms in total. The lowest BCUT2D eigenvalue weighted by molar-refractivity contribution is -0.275. The van der Waals surface area contributed by atoms with E-state index in [2.05, 4.69) is 14.7 Å². The lowest BCUT2D eigenvalue weighted by Gasteiger charge is -2.23. The van der Waals surface area contributed by atoms with Crippen molar-refractivity contribution in [3.63, 3.8) is 0 Å². The van der Waals surface area contributed by atoms with Crippen LogP contribution in [0.15, 0.2) is 78.0 Å². The summed E-state index contributed by atoms with van der Waals surface area (Å²) in [7, 11) is -4.37. The highest BCUT2D eigenvalue weighted by atomic mass is 32.2. The Labute approximate surface area is 165 Å². The summed E-state index contributed by atoms with van der Waals surface area (Å²) in [6.07, 6.45) is -2.03. The van der Waals surface area contributed by atoms with Crippen LogP contribution in [0.5, 0.6) is 5.75 Å². The maximum absolute atomic E-state index is 13.3. The van der Waals surface area contributed by atoms with E-state index in [0.717, 1.165) is 16.4 Å². The molecule has 0 radical (unpaired) electrons. The van der Waals surface area contributed by atoms with Crippen LogP contribution in [0, 0.1) is 0 Å². The average Bonchev–Trinajstić information content (AvgIpc) is 2.68. The van der Waals surface area contributed by atoms with Crippen molar-refractivity contribution in [3.8, 4) is 5.75 Å². The second kappa shape index (κ2) is 8.58. The second-order valence-corrected chi connectivity index (χ2v) is 7.82. The number of halogens is 3. The van der Waals surface area contributed by atoms with Crippen LogP contribution >= 0.6 is 0 Å². The van der Waals surface area contributed by atoms with Crippen molar-refractivity contribution < 1.29 is 26.3 Å². The predicted octanol–water partition coefficient (Wildman–Crippen LogP) is 3.77. The minimum absolute atomic E-state index is 0.153. The molecule has 0 aliphatic heterocycles. The van der Waals surface area contributed by atoms with E-state index in [1.54, 1.807) is 36.4 Å². The molecule has 10 heteroatoms. The zero-order valence-corrected chi connectivity index (χ0v) is 15.8. The summed E-state index contributed by atoms with van der Waals surface area (Å²) in [4.78, 5) is 7.63. The normalized spacial score (nSPS) is 12.1. The molecular weight excluding hydrogens is 407 g/mol. The Morgan fingerprint density at radius 1 is 0.828 bits per heavy atom. The molecule has 0 amide bonds. The van der Waals surface area contributed by atoms with E-state index in [-0.39, 0.29) is 13.1 Å². The van der Waals surface area contributed by atoms with Gasteiger partial charge in [-0.25, -0.2) is 8.42 Å². The highest BCUT2D eigenvalue weighted by molar-refractivity contribution is 7.89. The molecule has 0 aliphatic rings. The Balaban J connectivity index is 2.02. The molecule has 0 spiro atoms. The fourth-order valence-electron chi connectivity index (χ4n) is 2.58. The lowest BCUT2D eigenvalue weighted by atomic mass is 10.3. The van der Waals surface area contributed by atoms with Gasteiger partial charge in [0.1, 0.15) is 10.6 Å². The number of pyridine rings is 2. The number of alkyl halides is 3. The van der Waals surface area contributed by atoms with Crippen molar-refractivity contribution in [1.29, 1.82) is 0 Å². The Morgan fingerprint density at radius 2 is 1.34 bits per heavy atom. The summed E-state index contributed by atoms with van der Waals surface area (Å²) < 4.78 is 69.7. The van der Waals surface area contributed by atoms with Crippen molar-refractivity contribution in [2.75, 3.05) is 0 Å². The standard InChI is InChI=1S/C19H16F3N3O3S/c20-19(21,22)28-17-9-1-2-10-18(17)29(26,27)25(13-15-7-3-5-11-23-15)14-16-8-4-6-12-24-16/h1-12H,13-14H2. The molecule has 0 saturated carbocycles. The van der Waals surface area contributed by atoms with E-state index in [1.165, 1.54) is 24.5 Å². The molecule has 0 saturated heterocycles. The lowest BCUT2D eigenvalue weighted by Crippen LogP contribution is -2.32. The van der Waals surface area contributed by atoms with E-state index in [1.807, 2.05) is 0 Å². The van der Waals surface area contributed by atoms with Gasteiger partial charge < -0.3 is 4.74 Å². The van der Waals surface area contributed by atoms with Crippen LogP contribution in [-0.2, 0) is 23.1 Å². The first kappa shape index (κ1) is 20.7. The summed E-state index contributed by atoms with van der Waals surface area (Å²) >= 11 is 0. The van der Waals surface area contributed by atoms with Crippen molar-refractivity contribution >= 4 is 10.0 Å². The van der Waals surface area contributed by atoms with Crippen molar-refractivity contribution in [3.05, 3.63) is 84.4 Å². The average molecular weight is 423 g/mol. The van der Waals surface area contributed by atoms with Gasteiger partial charge >= 0.3 is 6.36 Å². The number of para-hydroxylation sites is 1. The van der Waals surface area contributed by atoms with Crippen LogP contribution < -0.4 is 4.74 Å². The van der Waals surface area contributed by atoms with Gasteiger partial charge in [-0.2, -0.15) is 4.31 Å². The first-order chi connectivity index (χ1) is 13.8. The van der Waals surface area contributed by atoms with E-state index in [9.17, 15) is 21.6 Å². The zero-order valence-electron chi connectivity index (χ0n) is 15.0. The summed E-state index contributed by atoms with van der Waals surface area (Å²) in [5.74, 6) is -0.799. The number of ether oxygens (including phenoxy) is 1. The Morgan fingerprint density at radius 3 is 1.83 bits per heavy atom. The highest BCUT2D eigenvalue weighted by Crippen LogP contribution is 2.32. The summed E-state index contributed by atoms with van der Waals surface area (Å²) in [5, 5.41) is 0. The number of hydrogen-bond acceptors (Lipinski definition) is 5. The number of sulfonamides is 1. The smallest absolute Gasteiger partial charge is 0.404 e. The van der Waals surface area contributed by atoms with E-state index in [4.69, 9.17) is 0 Å². The minimum Gasteiger partial charge on any atom is -0.404 e. The summed E-state index contributed by atoms with van der Waals surface area (Å²) in [6.45, 7) is -0.305. The molecular formula is C19H16F3N3O3S. The van der Waals surface area contributed by atoms with Gasteiger partial charge in [-0.05, 0) is 36.4 Å². The highest BCUT2D eigenvalue weighted by Gasteiger charge is 2.35. The van der Waals surface area contributed by atoms with Gasteiger partial charge in [-0.15, -0.1) is 13.2 Å². The van der Waals surface area contributed by atoms with Crippen LogP contribution in [0.25, 0.3) is 0 Å². The second-order valence-electron chi connectivity index (χ2n) is 5.91. The monoisotopic (exact) mass is 423 g/mol. The Hall–Kier alpha value is -2.98. The third-order valence-corrected chi connectivity index (χ3v) is 5.65. The van der Waals surface area contributed by atoms with Gasteiger partial charge in [0.15, 0.2) is 0 Å². The van der Waals surface area contributed by atoms with Crippen molar-refractivity contribution in [2.24, 2.45) is 0 Å². The quantitative estimate of drug-likeness (QED) is 0.579. The topological polar surface area (TPSA) is 72.4 Å². The molecule has 2 heterocycles. The van der Waals surface area contributed by atoms with Crippen LogP contribution in [0.1, 0.15) is 11.4 Å². The molecule has 152 valence electrons. The Bertz CT molecular complexity index is 1000. The molecule has 0 bridgehead atoms. The van der Waals surface area contributed by atoms with Gasteiger partial charge in [0.25, 0.3) is 0 Å². The molecule has 2 aromatic heterocycles. The molecule has 0 aliphatic carbocycles. The maximum Gasteiger partial charge on any atom is 0.573 e. The van der Waals surface area contributed by atoms with Gasteiger partial charge in [-0.1, -0.05) is 24.3 Å². The zero-order chi connectivity index (χ0) is 20.9. The van der Waals surface area contributed by atoms with Gasteiger partial charge in [0, 0.05) is 12.4 Å². The third-order valence-electron chi connectivity index (χ3n) is 3.82. The summed E-state index contributed by atoms with van der Waals surface area (Å²) in [6, 6.07) is 14.6. The number of aromatic nitrogens is 2. The van der Waals surface area contributed by atoms with Gasteiger partial charge in [-0.3, -0.25) is 9.97 Å². The van der Waals surface area contributed by atoms with Crippen LogP contribution in [0.3, 0.4) is 0 Å². The molecule has 1 aromatic carbocycles. The number of rotatable bonds is 7. The Kier molecular flexibility index (Phi) is 6.14. The number of nitrogens with zero attached hydrogens (tertiary/aromatic N) is 3.